The summed E-state index contributed by atoms with van der Waals surface area (Å²) < 4.78 is 4.76. The molecule has 25 heavy (non-hydrogen) atoms. The number of rotatable bonds is 5. The number of thioether (sulfide) groups is 1. The number of nitrogens with one attached hydrogen (secondary N) is 3. The molecule has 1 aliphatic carbocycles. The summed E-state index contributed by atoms with van der Waals surface area (Å²) in [6.45, 7) is 4.29. The summed E-state index contributed by atoms with van der Waals surface area (Å²) in [6.07, 6.45) is 3.14. The van der Waals surface area contributed by atoms with Crippen LogP contribution < -0.4 is 5.32 Å². The zero-order valence-corrected chi connectivity index (χ0v) is 15.3. The molecule has 1 fully saturated rings. The molecule has 0 unspecified atom stereocenters. The first-order valence-corrected chi connectivity index (χ1v) is 8.94. The Morgan fingerprint density at radius 2 is 2.12 bits per heavy atom. The van der Waals surface area contributed by atoms with Crippen LogP contribution in [0.1, 0.15) is 32.4 Å². The van der Waals surface area contributed by atoms with Gasteiger partial charge in [-0.3, -0.25) is 10.2 Å². The molecule has 2 heterocycles. The fraction of sp³-hybridized carbons (Fsp3) is 0.471. The van der Waals surface area contributed by atoms with Crippen molar-refractivity contribution in [2.24, 2.45) is 11.8 Å². The summed E-state index contributed by atoms with van der Waals surface area (Å²) in [6, 6.07) is 0. The fourth-order valence-electron chi connectivity index (χ4n) is 3.07. The number of hydrogen-bond acceptors (Lipinski definition) is 8. The van der Waals surface area contributed by atoms with Gasteiger partial charge in [-0.1, -0.05) is 11.8 Å². The van der Waals surface area contributed by atoms with Crippen LogP contribution in [0.25, 0.3) is 5.57 Å². The van der Waals surface area contributed by atoms with Gasteiger partial charge in [-0.15, -0.1) is 0 Å². The first-order chi connectivity index (χ1) is 11.9. The molecule has 1 aromatic rings. The molecule has 8 heteroatoms. The number of ether oxygens (including phenoxy) is 1. The van der Waals surface area contributed by atoms with Gasteiger partial charge in [0.2, 0.25) is 0 Å². The summed E-state index contributed by atoms with van der Waals surface area (Å²) in [5, 5.41) is 19.8. The van der Waals surface area contributed by atoms with E-state index in [2.05, 4.69) is 15.3 Å². The van der Waals surface area contributed by atoms with Gasteiger partial charge in [-0.25, -0.2) is 9.97 Å². The van der Waals surface area contributed by atoms with E-state index >= 15 is 0 Å². The third-order valence-corrected chi connectivity index (χ3v) is 5.74. The van der Waals surface area contributed by atoms with Crippen molar-refractivity contribution in [1.29, 1.82) is 10.8 Å². The Balaban J connectivity index is 1.72. The lowest BCUT2D eigenvalue weighted by Crippen LogP contribution is -2.35. The molecule has 2 aliphatic rings. The number of allylic oxidation sites excluding steroid dienone is 1. The number of anilines is 1. The minimum atomic E-state index is -0.129. The van der Waals surface area contributed by atoms with Crippen LogP contribution in [0.15, 0.2) is 16.8 Å². The van der Waals surface area contributed by atoms with E-state index in [1.165, 1.54) is 25.2 Å². The van der Waals surface area contributed by atoms with Gasteiger partial charge in [-0.2, -0.15) is 0 Å². The molecule has 1 saturated carbocycles. The second-order valence-electron chi connectivity index (χ2n) is 6.39. The largest absolute Gasteiger partial charge is 0.469 e. The highest BCUT2D eigenvalue weighted by Crippen LogP contribution is 2.44. The quantitative estimate of drug-likeness (QED) is 0.550. The molecule has 0 saturated heterocycles. The molecule has 3 N–H and O–H groups in total. The summed E-state index contributed by atoms with van der Waals surface area (Å²) in [5.41, 5.74) is 2.63. The van der Waals surface area contributed by atoms with Crippen LogP contribution in [0.5, 0.6) is 0 Å². The number of fused-ring (bicyclic) bond motifs is 1. The molecule has 132 valence electrons. The zero-order valence-electron chi connectivity index (χ0n) is 14.5. The molecule has 0 spiro atoms. The van der Waals surface area contributed by atoms with Crippen LogP contribution >= 0.6 is 11.8 Å². The van der Waals surface area contributed by atoms with Crippen LogP contribution in [0.2, 0.25) is 0 Å². The zero-order chi connectivity index (χ0) is 18.1. The van der Waals surface area contributed by atoms with Crippen LogP contribution in [0.3, 0.4) is 0 Å². The minimum Gasteiger partial charge on any atom is -0.469 e. The van der Waals surface area contributed by atoms with Crippen molar-refractivity contribution in [3.63, 3.8) is 0 Å². The lowest BCUT2D eigenvalue weighted by molar-refractivity contribution is -0.149. The maximum Gasteiger partial charge on any atom is 0.308 e. The standard InChI is InChI=1S/C17H21N5O2S/c1-8(9(2)18)12-13-14(25-15(12)19)16(22-7-21-13)20-6-10-4-11(5-10)17(23)24-3/h7,10-11,18-19H,4-6H2,1-3H3,(H,20,21,22)/b12-8-,18-9?,19-15?/t10-,11+. The van der Waals surface area contributed by atoms with Gasteiger partial charge in [0.15, 0.2) is 0 Å². The van der Waals surface area contributed by atoms with Crippen molar-refractivity contribution in [3.05, 3.63) is 17.6 Å². The molecule has 0 atom stereocenters. The van der Waals surface area contributed by atoms with E-state index in [9.17, 15) is 4.79 Å². The van der Waals surface area contributed by atoms with Crippen molar-refractivity contribution in [2.75, 3.05) is 19.0 Å². The van der Waals surface area contributed by atoms with E-state index in [0.717, 1.165) is 35.5 Å². The number of esters is 1. The highest BCUT2D eigenvalue weighted by molar-refractivity contribution is 8.15. The van der Waals surface area contributed by atoms with Gasteiger partial charge in [0.05, 0.1) is 23.6 Å². The molecule has 7 nitrogen and oxygen atoms in total. The molecule has 1 aromatic heterocycles. The van der Waals surface area contributed by atoms with Gasteiger partial charge >= 0.3 is 5.97 Å². The number of carbonyl (C=O) groups is 1. The monoisotopic (exact) mass is 359 g/mol. The van der Waals surface area contributed by atoms with E-state index in [4.69, 9.17) is 15.6 Å². The normalized spacial score (nSPS) is 23.6. The summed E-state index contributed by atoms with van der Waals surface area (Å²) in [5.74, 6) is 1.02. The smallest absolute Gasteiger partial charge is 0.308 e. The maximum atomic E-state index is 11.4. The fourth-order valence-corrected chi connectivity index (χ4v) is 4.10. The highest BCUT2D eigenvalue weighted by Gasteiger charge is 2.35. The van der Waals surface area contributed by atoms with Gasteiger partial charge in [-0.05, 0) is 38.2 Å². The molecule has 0 radical (unpaired) electrons. The predicted molar refractivity (Wildman–Crippen MR) is 98.3 cm³/mol. The van der Waals surface area contributed by atoms with Crippen LogP contribution in [0.4, 0.5) is 5.82 Å². The van der Waals surface area contributed by atoms with Crippen LogP contribution in [-0.4, -0.2) is 40.3 Å². The molecular formula is C17H21N5O2S. The van der Waals surface area contributed by atoms with Crippen molar-refractivity contribution >= 4 is 39.9 Å². The number of carbonyl (C=O) groups excluding carboxylic acids is 1. The number of nitrogens with zero attached hydrogens (tertiary/aromatic N) is 2. The van der Waals surface area contributed by atoms with Crippen molar-refractivity contribution in [1.82, 2.24) is 9.97 Å². The molecule has 3 rings (SSSR count). The minimum absolute atomic E-state index is 0.0169. The third-order valence-electron chi connectivity index (χ3n) is 4.74. The molecule has 0 amide bonds. The van der Waals surface area contributed by atoms with E-state index in [1.807, 2.05) is 6.92 Å². The number of methoxy groups -OCH3 is 1. The topological polar surface area (TPSA) is 112 Å². The van der Waals surface area contributed by atoms with Crippen molar-refractivity contribution in [2.45, 2.75) is 31.6 Å². The molecule has 0 aromatic carbocycles. The predicted octanol–water partition coefficient (Wildman–Crippen LogP) is 2.98. The number of aromatic nitrogens is 2. The maximum absolute atomic E-state index is 11.4. The van der Waals surface area contributed by atoms with E-state index < -0.39 is 0 Å². The number of hydrogen-bond donors (Lipinski definition) is 3. The Labute approximate surface area is 150 Å². The van der Waals surface area contributed by atoms with Gasteiger partial charge < -0.3 is 15.5 Å². The first-order valence-electron chi connectivity index (χ1n) is 8.12. The average Bonchev–Trinajstić information content (AvgIpc) is 2.88. The summed E-state index contributed by atoms with van der Waals surface area (Å²) >= 11 is 1.33. The van der Waals surface area contributed by atoms with E-state index in [0.29, 0.717) is 28.1 Å². The van der Waals surface area contributed by atoms with Gasteiger partial charge in [0.1, 0.15) is 17.2 Å². The highest BCUT2D eigenvalue weighted by atomic mass is 32.2. The van der Waals surface area contributed by atoms with E-state index in [-0.39, 0.29) is 11.9 Å². The lowest BCUT2D eigenvalue weighted by Gasteiger charge is -2.33. The second-order valence-corrected chi connectivity index (χ2v) is 7.42. The Hall–Kier alpha value is -2.22. The van der Waals surface area contributed by atoms with E-state index in [1.54, 1.807) is 6.92 Å². The van der Waals surface area contributed by atoms with Crippen molar-refractivity contribution in [3.8, 4) is 0 Å². The molecular weight excluding hydrogens is 338 g/mol. The Morgan fingerprint density at radius 3 is 2.76 bits per heavy atom. The lowest BCUT2D eigenvalue weighted by atomic mass is 9.75. The Morgan fingerprint density at radius 1 is 1.40 bits per heavy atom. The first kappa shape index (κ1) is 17.6. The summed E-state index contributed by atoms with van der Waals surface area (Å²) in [7, 11) is 1.42. The molecule has 0 bridgehead atoms. The van der Waals surface area contributed by atoms with Crippen LogP contribution in [0, 0.1) is 22.7 Å². The van der Waals surface area contributed by atoms with Gasteiger partial charge in [0, 0.05) is 17.8 Å². The Kier molecular flexibility index (Phi) is 4.89. The summed E-state index contributed by atoms with van der Waals surface area (Å²) in [4.78, 5) is 20.9. The van der Waals surface area contributed by atoms with Crippen LogP contribution in [-0.2, 0) is 9.53 Å². The average molecular weight is 359 g/mol. The second kappa shape index (κ2) is 6.95. The Bertz CT molecular complexity index is 783. The van der Waals surface area contributed by atoms with Gasteiger partial charge in [0.25, 0.3) is 0 Å². The van der Waals surface area contributed by atoms with Crippen molar-refractivity contribution < 1.29 is 9.53 Å². The third kappa shape index (κ3) is 3.30. The molecule has 1 aliphatic heterocycles. The SMILES string of the molecule is COC(=O)[C@H]1C[C@@H](CNc2ncnc3c2SC(=N)/C3=C(/C)C(C)=N)C1.